The number of nitrogens with two attached hydrogens (primary N) is 1. The van der Waals surface area contributed by atoms with Crippen molar-refractivity contribution in [2.24, 2.45) is 17.6 Å². The van der Waals surface area contributed by atoms with E-state index in [4.69, 9.17) is 19.9 Å². The number of methoxy groups -OCH3 is 2. The van der Waals surface area contributed by atoms with Crippen molar-refractivity contribution in [2.45, 2.75) is 77.5 Å². The number of aliphatic hydroxyl groups is 2. The van der Waals surface area contributed by atoms with Crippen molar-refractivity contribution < 1.29 is 39.1 Å². The van der Waals surface area contributed by atoms with Crippen molar-refractivity contribution >= 4 is 17.7 Å². The molecule has 1 aromatic rings. The van der Waals surface area contributed by atoms with E-state index in [2.05, 4.69) is 5.32 Å². The molecule has 0 saturated carbocycles. The van der Waals surface area contributed by atoms with E-state index in [1.807, 2.05) is 13.8 Å². The van der Waals surface area contributed by atoms with Gasteiger partial charge in [-0.2, -0.15) is 0 Å². The number of carbonyl (C=O) groups excluding carboxylic acids is 2. The Balaban J connectivity index is 2.52. The van der Waals surface area contributed by atoms with Crippen LogP contribution in [-0.4, -0.2) is 66.0 Å². The van der Waals surface area contributed by atoms with E-state index >= 15 is 0 Å². The summed E-state index contributed by atoms with van der Waals surface area (Å²) in [6.45, 7) is 7.06. The normalized spacial score (nSPS) is 32.8. The quantitative estimate of drug-likeness (QED) is 0.368. The fraction of sp³-hybridized carbons (Fsp3) is 0.571. The molecule has 38 heavy (non-hydrogen) atoms. The molecule has 1 aromatic carbocycles. The third-order valence-corrected chi connectivity index (χ3v) is 7.02. The number of benzene rings is 1. The number of anilines is 1. The first-order valence-electron chi connectivity index (χ1n) is 12.8. The number of phenols is 1. The molecule has 0 spiro atoms. The number of aromatic hydroxyl groups is 1. The molecule has 0 radical (unpaired) electrons. The molecule has 212 valence electrons. The van der Waals surface area contributed by atoms with Gasteiger partial charge in [0.2, 0.25) is 0 Å². The smallest absolute Gasteiger partial charge is 0.405 e. The highest BCUT2D eigenvalue weighted by Crippen LogP contribution is 2.33. The van der Waals surface area contributed by atoms with Gasteiger partial charge in [0.25, 0.3) is 5.91 Å². The summed E-state index contributed by atoms with van der Waals surface area (Å²) < 4.78 is 16.6. The first-order valence-corrected chi connectivity index (χ1v) is 12.8. The van der Waals surface area contributed by atoms with E-state index in [1.54, 1.807) is 32.1 Å². The first kappa shape index (κ1) is 31.3. The highest BCUT2D eigenvalue weighted by atomic mass is 16.6. The summed E-state index contributed by atoms with van der Waals surface area (Å²) in [6, 6.07) is 4.46. The Morgan fingerprint density at radius 3 is 2.34 bits per heavy atom. The lowest BCUT2D eigenvalue weighted by Gasteiger charge is -2.31. The molecule has 2 bridgehead atoms. The molecule has 2 amide bonds. The zero-order valence-corrected chi connectivity index (χ0v) is 23.0. The summed E-state index contributed by atoms with van der Waals surface area (Å²) in [6.07, 6.45) is -0.177. The average Bonchev–Trinajstić information content (AvgIpc) is 2.86. The fourth-order valence-electron chi connectivity index (χ4n) is 4.79. The Hall–Kier alpha value is -2.92. The van der Waals surface area contributed by atoms with Gasteiger partial charge in [-0.25, -0.2) is 4.79 Å². The van der Waals surface area contributed by atoms with E-state index in [9.17, 15) is 24.9 Å². The zero-order chi connectivity index (χ0) is 28.6. The minimum absolute atomic E-state index is 0.0995. The van der Waals surface area contributed by atoms with Crippen molar-refractivity contribution in [3.63, 3.8) is 0 Å². The predicted molar refractivity (Wildman–Crippen MR) is 143 cm³/mol. The SMILES string of the molecule is COC1CC/C=C(\C)C(=O)Nc2cc(O)cc(c2)[C@H](O)[C@@H](C)C[C@H](OC)[C@H](O)[C@@H](C)/C=C(\C)[C@@H]1OC(N)=O. The van der Waals surface area contributed by atoms with Gasteiger partial charge in [-0.15, -0.1) is 0 Å². The highest BCUT2D eigenvalue weighted by molar-refractivity contribution is 6.03. The summed E-state index contributed by atoms with van der Waals surface area (Å²) in [5.41, 5.74) is 7.19. The summed E-state index contributed by atoms with van der Waals surface area (Å²) in [5, 5.41) is 35.1. The van der Waals surface area contributed by atoms with Gasteiger partial charge in [-0.1, -0.05) is 26.0 Å². The molecular formula is C28H42N2O8. The molecular weight excluding hydrogens is 492 g/mol. The van der Waals surface area contributed by atoms with Crippen LogP contribution < -0.4 is 11.1 Å². The van der Waals surface area contributed by atoms with Crippen LogP contribution >= 0.6 is 0 Å². The Morgan fingerprint density at radius 1 is 1.08 bits per heavy atom. The van der Waals surface area contributed by atoms with Crippen LogP contribution in [0.5, 0.6) is 5.75 Å². The Bertz CT molecular complexity index is 1020. The third-order valence-electron chi connectivity index (χ3n) is 7.02. The number of fused-ring (bicyclic) bond motifs is 2. The van der Waals surface area contributed by atoms with Crippen LogP contribution in [0.2, 0.25) is 0 Å². The number of nitrogens with one attached hydrogen (secondary N) is 1. The van der Waals surface area contributed by atoms with Crippen LogP contribution in [0.15, 0.2) is 41.5 Å². The predicted octanol–water partition coefficient (Wildman–Crippen LogP) is 3.57. The lowest BCUT2D eigenvalue weighted by atomic mass is 9.86. The molecule has 0 aromatic heterocycles. The summed E-state index contributed by atoms with van der Waals surface area (Å²) in [5.74, 6) is -1.24. The van der Waals surface area contributed by atoms with E-state index in [1.165, 1.54) is 26.4 Å². The highest BCUT2D eigenvalue weighted by Gasteiger charge is 2.31. The van der Waals surface area contributed by atoms with Gasteiger partial charge >= 0.3 is 6.09 Å². The molecule has 1 aliphatic rings. The van der Waals surface area contributed by atoms with E-state index in [0.717, 1.165) is 0 Å². The maximum absolute atomic E-state index is 12.8. The van der Waals surface area contributed by atoms with Gasteiger partial charge in [0.15, 0.2) is 6.10 Å². The van der Waals surface area contributed by atoms with E-state index in [-0.39, 0.29) is 17.6 Å². The van der Waals surface area contributed by atoms with Gasteiger partial charge in [-0.3, -0.25) is 4.79 Å². The summed E-state index contributed by atoms with van der Waals surface area (Å²) >= 11 is 0. The second-order valence-electron chi connectivity index (χ2n) is 10.1. The van der Waals surface area contributed by atoms with Gasteiger partial charge in [-0.05, 0) is 62.3 Å². The molecule has 1 heterocycles. The van der Waals surface area contributed by atoms with Crippen LogP contribution in [0, 0.1) is 11.8 Å². The second-order valence-corrected chi connectivity index (χ2v) is 10.1. The van der Waals surface area contributed by atoms with Crippen molar-refractivity contribution in [3.8, 4) is 5.75 Å². The molecule has 6 N–H and O–H groups in total. The molecule has 1 unspecified atom stereocenters. The van der Waals surface area contributed by atoms with Gasteiger partial charge in [0.05, 0.1) is 24.4 Å². The number of allylic oxidation sites excluding steroid dienone is 1. The van der Waals surface area contributed by atoms with Crippen molar-refractivity contribution in [1.82, 2.24) is 0 Å². The van der Waals surface area contributed by atoms with Crippen LogP contribution in [0.3, 0.4) is 0 Å². The van der Waals surface area contributed by atoms with Crippen molar-refractivity contribution in [2.75, 3.05) is 19.5 Å². The number of carbonyl (C=O) groups is 2. The number of amides is 2. The van der Waals surface area contributed by atoms with Gasteiger partial charge in [0.1, 0.15) is 5.75 Å². The van der Waals surface area contributed by atoms with Crippen LogP contribution in [0.4, 0.5) is 10.5 Å². The Kier molecular flexibility index (Phi) is 11.8. The van der Waals surface area contributed by atoms with E-state index in [0.29, 0.717) is 41.7 Å². The van der Waals surface area contributed by atoms with Gasteiger partial charge in [0, 0.05) is 37.5 Å². The lowest BCUT2D eigenvalue weighted by Crippen LogP contribution is -2.38. The molecule has 10 nitrogen and oxygen atoms in total. The molecule has 7 atom stereocenters. The molecule has 0 fully saturated rings. The minimum atomic E-state index is -0.996. The Labute approximate surface area is 224 Å². The third kappa shape index (κ3) is 8.56. The van der Waals surface area contributed by atoms with Crippen molar-refractivity contribution in [3.05, 3.63) is 47.1 Å². The molecule has 2 rings (SSSR count). The van der Waals surface area contributed by atoms with Crippen LogP contribution in [0.25, 0.3) is 0 Å². The monoisotopic (exact) mass is 534 g/mol. The number of hydrogen-bond acceptors (Lipinski definition) is 8. The summed E-state index contributed by atoms with van der Waals surface area (Å²) in [4.78, 5) is 24.5. The number of phenolic OH excluding ortho intramolecular Hbond substituents is 1. The Morgan fingerprint density at radius 2 is 1.74 bits per heavy atom. The molecule has 1 aliphatic heterocycles. The maximum Gasteiger partial charge on any atom is 0.405 e. The zero-order valence-electron chi connectivity index (χ0n) is 23.0. The number of hydrogen-bond donors (Lipinski definition) is 5. The number of rotatable bonds is 3. The fourth-order valence-corrected chi connectivity index (χ4v) is 4.79. The average molecular weight is 535 g/mol. The van der Waals surface area contributed by atoms with Crippen molar-refractivity contribution in [1.29, 1.82) is 0 Å². The lowest BCUT2D eigenvalue weighted by molar-refractivity contribution is -0.112. The summed E-state index contributed by atoms with van der Waals surface area (Å²) in [7, 11) is 2.99. The topological polar surface area (TPSA) is 161 Å². The first-order chi connectivity index (χ1) is 17.9. The standard InChI is InChI=1S/C28H42N2O8/c1-15-8-7-9-22(36-5)26(38-28(29)35)18(4)10-16(2)25(33)23(37-6)11-17(3)24(32)19-12-20(30-27(15)34)14-21(31)13-19/h8,10,12-14,16-17,22-26,31-33H,7,9,11H2,1-6H3,(H2,29,35)(H,30,34)/b15-8+,18-10+/t16-,17-,22?,23-,24+,25+,26-/m0/s1. The van der Waals surface area contributed by atoms with E-state index < -0.39 is 42.5 Å². The van der Waals surface area contributed by atoms with Crippen LogP contribution in [-0.2, 0) is 19.0 Å². The molecule has 0 saturated heterocycles. The van der Waals surface area contributed by atoms with Crippen LogP contribution in [0.1, 0.15) is 58.6 Å². The largest absolute Gasteiger partial charge is 0.508 e. The molecule has 10 heteroatoms. The minimum Gasteiger partial charge on any atom is -0.508 e. The maximum atomic E-state index is 12.8. The number of ether oxygens (including phenoxy) is 3. The van der Waals surface area contributed by atoms with Gasteiger partial charge < -0.3 is 40.6 Å². The number of aliphatic hydroxyl groups excluding tert-OH is 2. The second kappa shape index (κ2) is 14.3. The molecule has 0 aliphatic carbocycles. The number of primary amides is 1.